The number of hydrogen-bond acceptors (Lipinski definition) is 3. The second-order valence-corrected chi connectivity index (χ2v) is 11.5. The Morgan fingerprint density at radius 1 is 1.00 bits per heavy atom. The minimum Gasteiger partial charge on any atom is -0.459 e. The number of nitrogens with zero attached hydrogens (tertiary/aromatic N) is 2. The highest BCUT2D eigenvalue weighted by Crippen LogP contribution is 2.36. The fourth-order valence-corrected chi connectivity index (χ4v) is 5.77. The monoisotopic (exact) mass is 438 g/mol. The Hall–Kier alpha value is -1.81. The van der Waals surface area contributed by atoms with E-state index in [1.54, 1.807) is 0 Å². The number of esters is 1. The van der Waals surface area contributed by atoms with Gasteiger partial charge >= 0.3 is 5.97 Å². The highest BCUT2D eigenvalue weighted by atomic mass is 16.5. The molecule has 0 N–H and O–H groups in total. The van der Waals surface area contributed by atoms with Gasteiger partial charge in [0.1, 0.15) is 6.61 Å². The van der Waals surface area contributed by atoms with Gasteiger partial charge in [0.05, 0.1) is 11.1 Å². The van der Waals surface area contributed by atoms with Gasteiger partial charge in [0, 0.05) is 30.7 Å². The van der Waals surface area contributed by atoms with Crippen LogP contribution < -0.4 is 0 Å². The van der Waals surface area contributed by atoms with Gasteiger partial charge in [0.2, 0.25) is 0 Å². The first kappa shape index (κ1) is 23.4. The molecule has 1 saturated carbocycles. The molecule has 1 aliphatic carbocycles. The van der Waals surface area contributed by atoms with E-state index in [2.05, 4.69) is 53.6 Å². The van der Waals surface area contributed by atoms with Crippen LogP contribution in [0.15, 0.2) is 30.3 Å². The molecule has 2 fully saturated rings. The summed E-state index contributed by atoms with van der Waals surface area (Å²) in [5.41, 5.74) is 1.92. The summed E-state index contributed by atoms with van der Waals surface area (Å²) in [4.78, 5) is 15.1. The Labute approximate surface area is 194 Å². The lowest BCUT2D eigenvalue weighted by molar-refractivity contribution is -0.154. The molecule has 2 aliphatic rings. The van der Waals surface area contributed by atoms with Crippen molar-refractivity contribution in [2.45, 2.75) is 91.8 Å². The molecule has 1 aromatic heterocycles. The SMILES string of the molecule is CC(C)C1CCC(N2CCC(n3c(COC(=O)C(C)(C)C)cc4ccccc43)CC2)CC1. The molecule has 0 spiro atoms. The van der Waals surface area contributed by atoms with Gasteiger partial charge in [-0.25, -0.2) is 0 Å². The summed E-state index contributed by atoms with van der Waals surface area (Å²) in [6.07, 6.45) is 7.87. The Morgan fingerprint density at radius 2 is 1.66 bits per heavy atom. The van der Waals surface area contributed by atoms with E-state index in [0.29, 0.717) is 12.6 Å². The highest BCUT2D eigenvalue weighted by Gasteiger charge is 2.31. The number of carbonyl (C=O) groups is 1. The van der Waals surface area contributed by atoms with Crippen molar-refractivity contribution in [1.29, 1.82) is 0 Å². The molecule has 4 rings (SSSR count). The van der Waals surface area contributed by atoms with Crippen LogP contribution in [0.3, 0.4) is 0 Å². The van der Waals surface area contributed by atoms with Gasteiger partial charge < -0.3 is 14.2 Å². The van der Waals surface area contributed by atoms with Gasteiger partial charge in [-0.15, -0.1) is 0 Å². The zero-order valence-electron chi connectivity index (χ0n) is 20.8. The molecule has 2 aromatic rings. The Morgan fingerprint density at radius 3 is 2.28 bits per heavy atom. The van der Waals surface area contributed by atoms with E-state index in [1.165, 1.54) is 62.5 Å². The summed E-state index contributed by atoms with van der Waals surface area (Å²) in [6, 6.07) is 12.1. The number of fused-ring (bicyclic) bond motifs is 1. The maximum Gasteiger partial charge on any atom is 0.311 e. The van der Waals surface area contributed by atoms with Gasteiger partial charge in [0.25, 0.3) is 0 Å². The summed E-state index contributed by atoms with van der Waals surface area (Å²) in [5.74, 6) is 1.61. The average molecular weight is 439 g/mol. The van der Waals surface area contributed by atoms with Crippen molar-refractivity contribution < 1.29 is 9.53 Å². The molecule has 1 aromatic carbocycles. The van der Waals surface area contributed by atoms with E-state index in [1.807, 2.05) is 20.8 Å². The van der Waals surface area contributed by atoms with Crippen LogP contribution in [0.25, 0.3) is 10.9 Å². The van der Waals surface area contributed by atoms with Crippen LogP contribution in [0.5, 0.6) is 0 Å². The van der Waals surface area contributed by atoms with Crippen molar-refractivity contribution in [2.24, 2.45) is 17.3 Å². The van der Waals surface area contributed by atoms with E-state index >= 15 is 0 Å². The number of piperidine rings is 1. The molecule has 1 aliphatic heterocycles. The van der Waals surface area contributed by atoms with E-state index in [-0.39, 0.29) is 5.97 Å². The number of ether oxygens (including phenoxy) is 1. The molecule has 0 bridgehead atoms. The first-order valence-electron chi connectivity index (χ1n) is 12.7. The van der Waals surface area contributed by atoms with Gasteiger partial charge in [0.15, 0.2) is 0 Å². The van der Waals surface area contributed by atoms with Gasteiger partial charge in [-0.1, -0.05) is 32.0 Å². The number of rotatable bonds is 5. The van der Waals surface area contributed by atoms with Crippen molar-refractivity contribution in [3.63, 3.8) is 0 Å². The second-order valence-electron chi connectivity index (χ2n) is 11.5. The second kappa shape index (κ2) is 9.59. The largest absolute Gasteiger partial charge is 0.459 e. The fraction of sp³-hybridized carbons (Fsp3) is 0.679. The third-order valence-corrected chi connectivity index (χ3v) is 7.86. The van der Waals surface area contributed by atoms with Crippen LogP contribution >= 0.6 is 0 Å². The number of para-hydroxylation sites is 1. The van der Waals surface area contributed by atoms with Crippen molar-refractivity contribution in [3.05, 3.63) is 36.0 Å². The molecule has 2 heterocycles. The van der Waals surface area contributed by atoms with Crippen LogP contribution in [-0.4, -0.2) is 34.6 Å². The van der Waals surface area contributed by atoms with Crippen LogP contribution in [0, 0.1) is 17.3 Å². The topological polar surface area (TPSA) is 34.5 Å². The van der Waals surface area contributed by atoms with Crippen molar-refractivity contribution in [3.8, 4) is 0 Å². The minimum atomic E-state index is -0.475. The highest BCUT2D eigenvalue weighted by molar-refractivity contribution is 5.81. The van der Waals surface area contributed by atoms with E-state index < -0.39 is 5.41 Å². The predicted octanol–water partition coefficient (Wildman–Crippen LogP) is 6.58. The lowest BCUT2D eigenvalue weighted by Gasteiger charge is -2.42. The van der Waals surface area contributed by atoms with Gasteiger partial charge in [-0.2, -0.15) is 0 Å². The zero-order chi connectivity index (χ0) is 22.9. The summed E-state index contributed by atoms with van der Waals surface area (Å²) >= 11 is 0. The third kappa shape index (κ3) is 5.06. The first-order chi connectivity index (χ1) is 15.2. The number of carbonyl (C=O) groups excluding carboxylic acids is 1. The van der Waals surface area contributed by atoms with Crippen LogP contribution in [0.1, 0.15) is 84.9 Å². The number of likely N-dealkylation sites (tertiary alicyclic amines) is 1. The Balaban J connectivity index is 1.44. The van der Waals surface area contributed by atoms with E-state index in [0.717, 1.165) is 23.6 Å². The first-order valence-corrected chi connectivity index (χ1v) is 12.7. The predicted molar refractivity (Wildman–Crippen MR) is 132 cm³/mol. The summed E-state index contributed by atoms with van der Waals surface area (Å²) in [7, 11) is 0. The maximum absolute atomic E-state index is 12.4. The van der Waals surface area contributed by atoms with Crippen LogP contribution in [0.2, 0.25) is 0 Å². The molecule has 1 saturated heterocycles. The third-order valence-electron chi connectivity index (χ3n) is 7.86. The lowest BCUT2D eigenvalue weighted by atomic mass is 9.79. The summed E-state index contributed by atoms with van der Waals surface area (Å²) in [5, 5.41) is 1.24. The Bertz CT molecular complexity index is 907. The normalized spacial score (nSPS) is 23.7. The number of benzene rings is 1. The molecular formula is C28H42N2O2. The number of aromatic nitrogens is 1. The van der Waals surface area contributed by atoms with E-state index in [9.17, 15) is 4.79 Å². The van der Waals surface area contributed by atoms with Crippen molar-refractivity contribution >= 4 is 16.9 Å². The molecule has 4 heteroatoms. The molecule has 0 unspecified atom stereocenters. The maximum atomic E-state index is 12.4. The van der Waals surface area contributed by atoms with Crippen LogP contribution in [0.4, 0.5) is 0 Å². The molecule has 0 amide bonds. The minimum absolute atomic E-state index is 0.138. The smallest absolute Gasteiger partial charge is 0.311 e. The molecule has 0 atom stereocenters. The lowest BCUT2D eigenvalue weighted by Crippen LogP contribution is -2.44. The number of hydrogen-bond donors (Lipinski definition) is 0. The van der Waals surface area contributed by atoms with Crippen LogP contribution in [-0.2, 0) is 16.1 Å². The molecule has 0 radical (unpaired) electrons. The van der Waals surface area contributed by atoms with E-state index in [4.69, 9.17) is 4.74 Å². The molecular weight excluding hydrogens is 396 g/mol. The van der Waals surface area contributed by atoms with Gasteiger partial charge in [-0.05, 0) is 88.7 Å². The van der Waals surface area contributed by atoms with Crippen molar-refractivity contribution in [1.82, 2.24) is 9.47 Å². The molecule has 176 valence electrons. The summed E-state index contributed by atoms with van der Waals surface area (Å²) in [6.45, 7) is 13.2. The summed E-state index contributed by atoms with van der Waals surface area (Å²) < 4.78 is 8.20. The standard InChI is InChI=1S/C28H42N2O2/c1-20(2)21-10-12-23(13-11-21)29-16-14-24(15-17-29)30-25(19-32-27(31)28(3,4)5)18-22-8-6-7-9-26(22)30/h6-9,18,20-21,23-24H,10-17,19H2,1-5H3. The Kier molecular flexibility index (Phi) is 7.00. The molecule has 4 nitrogen and oxygen atoms in total. The fourth-order valence-electron chi connectivity index (χ4n) is 5.77. The van der Waals surface area contributed by atoms with Crippen molar-refractivity contribution in [2.75, 3.05) is 13.1 Å². The quantitative estimate of drug-likeness (QED) is 0.494. The average Bonchev–Trinajstić information content (AvgIpc) is 3.15. The molecule has 32 heavy (non-hydrogen) atoms. The van der Waals surface area contributed by atoms with Gasteiger partial charge in [-0.3, -0.25) is 4.79 Å². The zero-order valence-corrected chi connectivity index (χ0v) is 20.8.